The summed E-state index contributed by atoms with van der Waals surface area (Å²) in [5.41, 5.74) is 1.98. The minimum absolute atomic E-state index is 0.0537. The Hall–Kier alpha value is -2.90. The zero-order valence-corrected chi connectivity index (χ0v) is 15.4. The number of furan rings is 1. The van der Waals surface area contributed by atoms with Crippen molar-refractivity contribution in [2.75, 3.05) is 26.3 Å². The average Bonchev–Trinajstić information content (AvgIpc) is 3.49. The molecule has 28 heavy (non-hydrogen) atoms. The molecule has 1 spiro atoms. The smallest absolute Gasteiger partial charge is 0.272 e. The van der Waals surface area contributed by atoms with E-state index in [0.29, 0.717) is 56.3 Å². The van der Waals surface area contributed by atoms with Crippen molar-refractivity contribution >= 4 is 5.91 Å². The molecule has 144 valence electrons. The molecule has 0 atom stereocenters. The summed E-state index contributed by atoms with van der Waals surface area (Å²) in [6, 6.07) is 15.1. The van der Waals surface area contributed by atoms with Gasteiger partial charge in [-0.1, -0.05) is 18.2 Å². The fourth-order valence-electron chi connectivity index (χ4n) is 3.84. The molecule has 3 aromatic rings. The molecular formula is C21H21N3O4. The third-order valence-corrected chi connectivity index (χ3v) is 5.33. The monoisotopic (exact) mass is 379 g/mol. The highest BCUT2D eigenvalue weighted by Gasteiger charge is 2.41. The number of hydrogen-bond acceptors (Lipinski definition) is 5. The van der Waals surface area contributed by atoms with Crippen LogP contribution in [0.5, 0.6) is 0 Å². The van der Waals surface area contributed by atoms with Crippen molar-refractivity contribution < 1.29 is 18.7 Å². The number of piperidine rings is 1. The quantitative estimate of drug-likeness (QED) is 0.699. The lowest BCUT2D eigenvalue weighted by Gasteiger charge is -2.37. The van der Waals surface area contributed by atoms with Crippen LogP contribution in [0.15, 0.2) is 59.2 Å². The molecule has 0 saturated carbocycles. The molecule has 5 rings (SSSR count). The Kier molecular flexibility index (Phi) is 4.26. The summed E-state index contributed by atoms with van der Waals surface area (Å²) in [5.74, 6) is 0.0755. The van der Waals surface area contributed by atoms with Crippen LogP contribution in [-0.4, -0.2) is 52.7 Å². The number of ether oxygens (including phenoxy) is 2. The number of nitrogens with zero attached hydrogens (tertiary/aromatic N) is 3. The predicted octanol–water partition coefficient (Wildman–Crippen LogP) is 3.11. The van der Waals surface area contributed by atoms with E-state index in [2.05, 4.69) is 5.10 Å². The van der Waals surface area contributed by atoms with Gasteiger partial charge in [0.1, 0.15) is 11.4 Å². The molecule has 0 aliphatic carbocycles. The van der Waals surface area contributed by atoms with Crippen molar-refractivity contribution in [3.63, 3.8) is 0 Å². The summed E-state index contributed by atoms with van der Waals surface area (Å²) in [6.07, 6.45) is 2.97. The highest BCUT2D eigenvalue weighted by Crippen LogP contribution is 2.32. The van der Waals surface area contributed by atoms with E-state index in [0.717, 1.165) is 5.69 Å². The van der Waals surface area contributed by atoms with Gasteiger partial charge in [-0.2, -0.15) is 5.10 Å². The number of carbonyl (C=O) groups excluding carboxylic acids is 1. The third-order valence-electron chi connectivity index (χ3n) is 5.33. The largest absolute Gasteiger partial charge is 0.463 e. The van der Waals surface area contributed by atoms with Gasteiger partial charge < -0.3 is 18.8 Å². The molecule has 7 nitrogen and oxygen atoms in total. The van der Waals surface area contributed by atoms with E-state index in [4.69, 9.17) is 13.9 Å². The minimum Gasteiger partial charge on any atom is -0.463 e. The number of likely N-dealkylation sites (tertiary alicyclic amines) is 1. The number of aromatic nitrogens is 2. The maximum Gasteiger partial charge on any atom is 0.272 e. The van der Waals surface area contributed by atoms with E-state index in [9.17, 15) is 4.79 Å². The first-order valence-corrected chi connectivity index (χ1v) is 9.51. The lowest BCUT2D eigenvalue weighted by molar-refractivity contribution is -0.181. The second-order valence-electron chi connectivity index (χ2n) is 7.04. The molecule has 0 bridgehead atoms. The van der Waals surface area contributed by atoms with Crippen LogP contribution < -0.4 is 0 Å². The maximum absolute atomic E-state index is 13.3. The zero-order valence-electron chi connectivity index (χ0n) is 15.4. The van der Waals surface area contributed by atoms with Gasteiger partial charge in [-0.15, -0.1) is 0 Å². The Labute approximate surface area is 162 Å². The second kappa shape index (κ2) is 6.92. The molecule has 1 amide bonds. The summed E-state index contributed by atoms with van der Waals surface area (Å²) < 4.78 is 18.7. The van der Waals surface area contributed by atoms with Crippen molar-refractivity contribution in [3.05, 3.63) is 60.5 Å². The molecule has 2 aromatic heterocycles. The van der Waals surface area contributed by atoms with Crippen LogP contribution in [0, 0.1) is 0 Å². The number of benzene rings is 1. The van der Waals surface area contributed by atoms with Gasteiger partial charge in [0.15, 0.2) is 11.5 Å². The first kappa shape index (κ1) is 17.2. The summed E-state index contributed by atoms with van der Waals surface area (Å²) in [6.45, 7) is 2.44. The number of para-hydroxylation sites is 1. The van der Waals surface area contributed by atoms with Crippen LogP contribution in [0.2, 0.25) is 0 Å². The highest BCUT2D eigenvalue weighted by molar-refractivity contribution is 5.94. The normalized spacial score (nSPS) is 18.6. The highest BCUT2D eigenvalue weighted by atomic mass is 16.7. The molecular weight excluding hydrogens is 358 g/mol. The molecule has 2 aliphatic heterocycles. The Morgan fingerprint density at radius 3 is 2.43 bits per heavy atom. The fourth-order valence-corrected chi connectivity index (χ4v) is 3.84. The van der Waals surface area contributed by atoms with Crippen molar-refractivity contribution in [2.45, 2.75) is 18.6 Å². The molecule has 7 heteroatoms. The molecule has 0 unspecified atom stereocenters. The Morgan fingerprint density at radius 2 is 1.75 bits per heavy atom. The van der Waals surface area contributed by atoms with Crippen LogP contribution in [0.4, 0.5) is 0 Å². The minimum atomic E-state index is -0.504. The number of hydrogen-bond donors (Lipinski definition) is 0. The molecule has 0 radical (unpaired) electrons. The van der Waals surface area contributed by atoms with Gasteiger partial charge in [-0.25, -0.2) is 4.68 Å². The number of amides is 1. The Balaban J connectivity index is 1.46. The molecule has 4 heterocycles. The number of rotatable bonds is 3. The topological polar surface area (TPSA) is 69.7 Å². The van der Waals surface area contributed by atoms with Gasteiger partial charge in [-0.3, -0.25) is 4.79 Å². The lowest BCUT2D eigenvalue weighted by atomic mass is 10.0. The molecule has 2 saturated heterocycles. The molecule has 1 aromatic carbocycles. The molecule has 0 N–H and O–H groups in total. The first-order chi connectivity index (χ1) is 13.7. The van der Waals surface area contributed by atoms with Crippen molar-refractivity contribution in [1.29, 1.82) is 0 Å². The van der Waals surface area contributed by atoms with Gasteiger partial charge in [0.05, 0.1) is 25.2 Å². The van der Waals surface area contributed by atoms with Gasteiger partial charge >= 0.3 is 0 Å². The van der Waals surface area contributed by atoms with Crippen molar-refractivity contribution in [3.8, 4) is 17.1 Å². The van der Waals surface area contributed by atoms with E-state index in [1.54, 1.807) is 17.0 Å². The van der Waals surface area contributed by atoms with Crippen LogP contribution in [-0.2, 0) is 9.47 Å². The summed E-state index contributed by atoms with van der Waals surface area (Å²) in [4.78, 5) is 15.2. The Morgan fingerprint density at radius 1 is 1.00 bits per heavy atom. The maximum atomic E-state index is 13.3. The van der Waals surface area contributed by atoms with Gasteiger partial charge in [0.25, 0.3) is 5.91 Å². The third kappa shape index (κ3) is 3.02. The van der Waals surface area contributed by atoms with E-state index in [1.807, 2.05) is 47.4 Å². The van der Waals surface area contributed by atoms with Crippen LogP contribution in [0.1, 0.15) is 23.3 Å². The average molecular weight is 379 g/mol. The van der Waals surface area contributed by atoms with Crippen LogP contribution >= 0.6 is 0 Å². The van der Waals surface area contributed by atoms with E-state index >= 15 is 0 Å². The molecule has 2 fully saturated rings. The lowest BCUT2D eigenvalue weighted by Crippen LogP contribution is -2.47. The van der Waals surface area contributed by atoms with Gasteiger partial charge in [-0.05, 0) is 24.3 Å². The van der Waals surface area contributed by atoms with Crippen LogP contribution in [0.25, 0.3) is 17.1 Å². The van der Waals surface area contributed by atoms with E-state index in [-0.39, 0.29) is 5.91 Å². The van der Waals surface area contributed by atoms with E-state index in [1.165, 1.54) is 0 Å². The Bertz CT molecular complexity index is 949. The van der Waals surface area contributed by atoms with Gasteiger partial charge in [0, 0.05) is 32.0 Å². The second-order valence-corrected chi connectivity index (χ2v) is 7.04. The molecule has 2 aliphatic rings. The predicted molar refractivity (Wildman–Crippen MR) is 101 cm³/mol. The first-order valence-electron chi connectivity index (χ1n) is 9.51. The number of carbonyl (C=O) groups is 1. The zero-order chi connectivity index (χ0) is 19.0. The van der Waals surface area contributed by atoms with Crippen LogP contribution in [0.3, 0.4) is 0 Å². The summed E-state index contributed by atoms with van der Waals surface area (Å²) in [7, 11) is 0. The SMILES string of the molecule is O=C(c1cc(-c2ccco2)nn1-c1ccccc1)N1CCC2(CC1)OCCO2. The van der Waals surface area contributed by atoms with Crippen molar-refractivity contribution in [2.24, 2.45) is 0 Å². The van der Waals surface area contributed by atoms with Gasteiger partial charge in [0.2, 0.25) is 0 Å². The summed E-state index contributed by atoms with van der Waals surface area (Å²) in [5, 5.41) is 4.64. The van der Waals surface area contributed by atoms with Crippen molar-refractivity contribution in [1.82, 2.24) is 14.7 Å². The fraction of sp³-hybridized carbons (Fsp3) is 0.333. The summed E-state index contributed by atoms with van der Waals surface area (Å²) >= 11 is 0. The van der Waals surface area contributed by atoms with E-state index < -0.39 is 5.79 Å². The standard InChI is InChI=1S/C21H21N3O4/c25-20(23-10-8-21(9-11-23)27-13-14-28-21)18-15-17(19-7-4-12-26-19)22-24(18)16-5-2-1-3-6-16/h1-7,12,15H,8-11,13-14H2.